The molecule has 0 spiro atoms. The van der Waals surface area contributed by atoms with Crippen molar-refractivity contribution in [3.05, 3.63) is 89.5 Å². The first-order valence-corrected chi connectivity index (χ1v) is 10.0. The number of anilines is 2. The summed E-state index contributed by atoms with van der Waals surface area (Å²) in [5, 5.41) is 5.54. The number of hydrogen-bond donors (Lipinski definition) is 2. The third-order valence-corrected chi connectivity index (χ3v) is 4.82. The molecule has 0 aliphatic rings. The van der Waals surface area contributed by atoms with E-state index in [0.29, 0.717) is 28.3 Å². The zero-order valence-electron chi connectivity index (χ0n) is 18.2. The summed E-state index contributed by atoms with van der Waals surface area (Å²) in [6, 6.07) is 20.7. The Kier molecular flexibility index (Phi) is 7.23. The van der Waals surface area contributed by atoms with Crippen molar-refractivity contribution in [2.45, 2.75) is 6.92 Å². The number of para-hydroxylation sites is 1. The molecule has 0 saturated heterocycles. The fourth-order valence-corrected chi connectivity index (χ4v) is 3.05. The zero-order valence-corrected chi connectivity index (χ0v) is 18.2. The number of nitrogens with zero attached hydrogens (tertiary/aromatic N) is 1. The molecule has 3 rings (SSSR count). The van der Waals surface area contributed by atoms with E-state index in [0.717, 1.165) is 5.56 Å². The Labute approximate surface area is 187 Å². The maximum Gasteiger partial charge on any atom is 0.256 e. The Hall–Kier alpha value is -4.13. The topological polar surface area (TPSA) is 87.7 Å². The molecular weight excluding hydrogens is 406 g/mol. The molecule has 0 saturated carbocycles. The number of hydrogen-bond acceptors (Lipinski definition) is 4. The molecule has 2 N–H and O–H groups in total. The van der Waals surface area contributed by atoms with Crippen LogP contribution in [0.1, 0.15) is 26.3 Å². The van der Waals surface area contributed by atoms with Gasteiger partial charge in [-0.1, -0.05) is 29.8 Å². The molecule has 7 heteroatoms. The minimum atomic E-state index is -0.380. The fourth-order valence-electron chi connectivity index (χ4n) is 3.05. The number of carbonyl (C=O) groups is 3. The summed E-state index contributed by atoms with van der Waals surface area (Å²) in [6.45, 7) is 1.83. The molecule has 0 atom stereocenters. The van der Waals surface area contributed by atoms with Gasteiger partial charge in [0, 0.05) is 18.3 Å². The van der Waals surface area contributed by atoms with Gasteiger partial charge in [0.1, 0.15) is 5.75 Å². The van der Waals surface area contributed by atoms with Crippen molar-refractivity contribution in [1.82, 2.24) is 4.90 Å². The Morgan fingerprint density at radius 2 is 1.53 bits per heavy atom. The van der Waals surface area contributed by atoms with Gasteiger partial charge in [-0.15, -0.1) is 0 Å². The van der Waals surface area contributed by atoms with Crippen molar-refractivity contribution in [1.29, 1.82) is 0 Å². The number of nitrogens with one attached hydrogen (secondary N) is 2. The molecule has 0 radical (unpaired) electrons. The Bertz CT molecular complexity index is 1110. The van der Waals surface area contributed by atoms with Crippen molar-refractivity contribution >= 4 is 29.1 Å². The van der Waals surface area contributed by atoms with Gasteiger partial charge in [-0.3, -0.25) is 14.4 Å². The minimum Gasteiger partial charge on any atom is -0.497 e. The molecule has 3 aromatic rings. The quantitative estimate of drug-likeness (QED) is 0.593. The first-order valence-electron chi connectivity index (χ1n) is 10.0. The van der Waals surface area contributed by atoms with Crippen LogP contribution in [0.4, 0.5) is 11.4 Å². The van der Waals surface area contributed by atoms with E-state index in [1.165, 1.54) is 4.90 Å². The van der Waals surface area contributed by atoms with Gasteiger partial charge >= 0.3 is 0 Å². The third-order valence-electron chi connectivity index (χ3n) is 4.82. The highest BCUT2D eigenvalue weighted by Gasteiger charge is 2.19. The third kappa shape index (κ3) is 5.72. The number of ether oxygens (including phenoxy) is 1. The van der Waals surface area contributed by atoms with E-state index in [1.807, 2.05) is 19.1 Å². The number of benzene rings is 3. The molecule has 0 aromatic heterocycles. The molecule has 0 aliphatic carbocycles. The van der Waals surface area contributed by atoms with Gasteiger partial charge in [-0.05, 0) is 55.5 Å². The summed E-state index contributed by atoms with van der Waals surface area (Å²) >= 11 is 0. The van der Waals surface area contributed by atoms with Crippen LogP contribution < -0.4 is 15.4 Å². The SMILES string of the molecule is COc1ccc(C(=O)Nc2ccccc2C(=O)N(C)CC(=O)Nc2ccc(C)cc2)cc1. The number of aryl methyl sites for hydroxylation is 1. The normalized spacial score (nSPS) is 10.2. The number of carbonyl (C=O) groups excluding carboxylic acids is 3. The molecule has 0 heterocycles. The zero-order chi connectivity index (χ0) is 23.1. The lowest BCUT2D eigenvalue weighted by atomic mass is 10.1. The van der Waals surface area contributed by atoms with Gasteiger partial charge in [0.25, 0.3) is 11.8 Å². The van der Waals surface area contributed by atoms with Crippen molar-refractivity contribution in [3.8, 4) is 5.75 Å². The molecule has 0 fully saturated rings. The van der Waals surface area contributed by atoms with E-state index in [9.17, 15) is 14.4 Å². The molecular formula is C25H25N3O4. The van der Waals surface area contributed by atoms with E-state index in [-0.39, 0.29) is 24.3 Å². The molecule has 0 aliphatic heterocycles. The standard InChI is InChI=1S/C25H25N3O4/c1-17-8-12-19(13-9-17)26-23(29)16-28(2)25(31)21-6-4-5-7-22(21)27-24(30)18-10-14-20(32-3)15-11-18/h4-15H,16H2,1-3H3,(H,26,29)(H,27,30). The van der Waals surface area contributed by atoms with E-state index < -0.39 is 0 Å². The van der Waals surface area contributed by atoms with Crippen LogP contribution in [0.25, 0.3) is 0 Å². The van der Waals surface area contributed by atoms with Crippen LogP contribution in [0.3, 0.4) is 0 Å². The molecule has 0 unspecified atom stereocenters. The van der Waals surface area contributed by atoms with Crippen molar-refractivity contribution < 1.29 is 19.1 Å². The monoisotopic (exact) mass is 431 g/mol. The van der Waals surface area contributed by atoms with Crippen LogP contribution >= 0.6 is 0 Å². The Morgan fingerprint density at radius 3 is 2.19 bits per heavy atom. The summed E-state index contributed by atoms with van der Waals surface area (Å²) in [7, 11) is 3.09. The second kappa shape index (κ2) is 10.3. The molecule has 164 valence electrons. The van der Waals surface area contributed by atoms with E-state index in [4.69, 9.17) is 4.74 Å². The summed E-state index contributed by atoms with van der Waals surface area (Å²) in [6.07, 6.45) is 0. The lowest BCUT2D eigenvalue weighted by Crippen LogP contribution is -2.35. The fraction of sp³-hybridized carbons (Fsp3) is 0.160. The second-order valence-corrected chi connectivity index (χ2v) is 7.30. The summed E-state index contributed by atoms with van der Waals surface area (Å²) in [5.74, 6) is -0.408. The molecule has 0 bridgehead atoms. The van der Waals surface area contributed by atoms with Gasteiger partial charge in [0.15, 0.2) is 0 Å². The Morgan fingerprint density at radius 1 is 0.875 bits per heavy atom. The van der Waals surface area contributed by atoms with Gasteiger partial charge in [0.05, 0.1) is 24.9 Å². The number of methoxy groups -OCH3 is 1. The lowest BCUT2D eigenvalue weighted by molar-refractivity contribution is -0.116. The molecule has 32 heavy (non-hydrogen) atoms. The summed E-state index contributed by atoms with van der Waals surface area (Å²) in [5.41, 5.74) is 2.83. The highest BCUT2D eigenvalue weighted by atomic mass is 16.5. The maximum atomic E-state index is 13.0. The van der Waals surface area contributed by atoms with Crippen LogP contribution in [0, 0.1) is 6.92 Å². The van der Waals surface area contributed by atoms with Crippen LogP contribution in [0.5, 0.6) is 5.75 Å². The van der Waals surface area contributed by atoms with Crippen LogP contribution in [-0.4, -0.2) is 43.3 Å². The summed E-state index contributed by atoms with van der Waals surface area (Å²) in [4.78, 5) is 39.3. The predicted octanol–water partition coefficient (Wildman–Crippen LogP) is 3.97. The second-order valence-electron chi connectivity index (χ2n) is 7.30. The Balaban J connectivity index is 1.67. The van der Waals surface area contributed by atoms with Crippen molar-refractivity contribution in [2.75, 3.05) is 31.3 Å². The van der Waals surface area contributed by atoms with Crippen LogP contribution in [0.15, 0.2) is 72.8 Å². The van der Waals surface area contributed by atoms with E-state index in [2.05, 4.69) is 10.6 Å². The highest BCUT2D eigenvalue weighted by molar-refractivity contribution is 6.09. The molecule has 3 amide bonds. The van der Waals surface area contributed by atoms with Crippen molar-refractivity contribution in [3.63, 3.8) is 0 Å². The maximum absolute atomic E-state index is 13.0. The number of likely N-dealkylation sites (N-methyl/N-ethyl adjacent to an activating group) is 1. The first kappa shape index (κ1) is 22.6. The smallest absolute Gasteiger partial charge is 0.256 e. The van der Waals surface area contributed by atoms with Crippen LogP contribution in [0.2, 0.25) is 0 Å². The van der Waals surface area contributed by atoms with Gasteiger partial charge < -0.3 is 20.3 Å². The van der Waals surface area contributed by atoms with E-state index >= 15 is 0 Å². The van der Waals surface area contributed by atoms with E-state index in [1.54, 1.807) is 74.8 Å². The summed E-state index contributed by atoms with van der Waals surface area (Å²) < 4.78 is 5.10. The molecule has 3 aromatic carbocycles. The van der Waals surface area contributed by atoms with Crippen LogP contribution in [-0.2, 0) is 4.79 Å². The molecule has 7 nitrogen and oxygen atoms in total. The number of rotatable bonds is 7. The largest absolute Gasteiger partial charge is 0.497 e. The van der Waals surface area contributed by atoms with Crippen molar-refractivity contribution in [2.24, 2.45) is 0 Å². The highest BCUT2D eigenvalue weighted by Crippen LogP contribution is 2.19. The predicted molar refractivity (Wildman–Crippen MR) is 124 cm³/mol. The minimum absolute atomic E-state index is 0.131. The average molecular weight is 431 g/mol. The lowest BCUT2D eigenvalue weighted by Gasteiger charge is -2.19. The average Bonchev–Trinajstić information content (AvgIpc) is 2.80. The van der Waals surface area contributed by atoms with Gasteiger partial charge in [0.2, 0.25) is 5.91 Å². The van der Waals surface area contributed by atoms with Gasteiger partial charge in [-0.25, -0.2) is 0 Å². The first-order chi connectivity index (χ1) is 15.4. The van der Waals surface area contributed by atoms with Gasteiger partial charge in [-0.2, -0.15) is 0 Å². The number of amides is 3.